The molecule has 2 nitrogen and oxygen atoms in total. The predicted molar refractivity (Wildman–Crippen MR) is 65.8 cm³/mol. The molecule has 2 N–H and O–H groups in total. The van der Waals surface area contributed by atoms with Gasteiger partial charge in [0.15, 0.2) is 0 Å². The van der Waals surface area contributed by atoms with E-state index in [9.17, 15) is 0 Å². The molecule has 0 heterocycles. The third-order valence-corrected chi connectivity index (χ3v) is 3.78. The van der Waals surface area contributed by atoms with Crippen LogP contribution < -0.4 is 5.73 Å². The van der Waals surface area contributed by atoms with Crippen LogP contribution in [-0.2, 0) is 4.74 Å². The van der Waals surface area contributed by atoms with Gasteiger partial charge in [0.2, 0.25) is 0 Å². The lowest BCUT2D eigenvalue weighted by Gasteiger charge is -2.04. The maximum atomic E-state index is 5.64. The van der Waals surface area contributed by atoms with Crippen LogP contribution in [0.4, 0.5) is 5.69 Å². The minimum Gasteiger partial charge on any atom is -0.399 e. The maximum Gasteiger partial charge on any atom is 0.0470 e. The smallest absolute Gasteiger partial charge is 0.0470 e. The maximum absolute atomic E-state index is 5.64. The third-order valence-electron chi connectivity index (χ3n) is 1.71. The number of methoxy groups -OCH3 is 1. The molecule has 0 aliphatic rings. The van der Waals surface area contributed by atoms with E-state index in [0.29, 0.717) is 0 Å². The molecule has 0 saturated heterocycles. The zero-order chi connectivity index (χ0) is 10.4. The summed E-state index contributed by atoms with van der Waals surface area (Å²) < 4.78 is 6.05. The van der Waals surface area contributed by atoms with Crippen LogP contribution in [0, 0.1) is 0 Å². The van der Waals surface area contributed by atoms with Crippen LogP contribution in [0.5, 0.6) is 0 Å². The van der Waals surface area contributed by atoms with Crippen LogP contribution in [0.15, 0.2) is 27.6 Å². The Bertz CT molecular complexity index is 293. The summed E-state index contributed by atoms with van der Waals surface area (Å²) in [5.41, 5.74) is 6.43. The van der Waals surface area contributed by atoms with E-state index in [1.54, 1.807) is 7.11 Å². The van der Waals surface area contributed by atoms with Crippen molar-refractivity contribution in [1.82, 2.24) is 0 Å². The first-order chi connectivity index (χ1) is 6.74. The molecule has 0 amide bonds. The van der Waals surface area contributed by atoms with Gasteiger partial charge in [-0.1, -0.05) is 0 Å². The Kier molecular flexibility index (Phi) is 5.37. The highest BCUT2D eigenvalue weighted by atomic mass is 79.9. The average molecular weight is 276 g/mol. The van der Waals surface area contributed by atoms with Gasteiger partial charge in [0.25, 0.3) is 0 Å². The van der Waals surface area contributed by atoms with Crippen LogP contribution in [0.3, 0.4) is 0 Å². The molecule has 1 rings (SSSR count). The molecule has 0 fully saturated rings. The largest absolute Gasteiger partial charge is 0.399 e. The Morgan fingerprint density at radius 3 is 2.93 bits per heavy atom. The van der Waals surface area contributed by atoms with E-state index in [0.717, 1.165) is 28.9 Å². The van der Waals surface area contributed by atoms with E-state index in [-0.39, 0.29) is 0 Å². The Morgan fingerprint density at radius 2 is 2.29 bits per heavy atom. The molecule has 0 unspecified atom stereocenters. The Hall–Kier alpha value is -0.190. The topological polar surface area (TPSA) is 35.2 Å². The van der Waals surface area contributed by atoms with E-state index in [2.05, 4.69) is 15.9 Å². The van der Waals surface area contributed by atoms with Gasteiger partial charge in [-0.3, -0.25) is 0 Å². The molecule has 0 aromatic heterocycles. The highest BCUT2D eigenvalue weighted by Gasteiger charge is 2.00. The normalized spacial score (nSPS) is 10.4. The number of anilines is 1. The van der Waals surface area contributed by atoms with Crippen LogP contribution in [-0.4, -0.2) is 19.5 Å². The van der Waals surface area contributed by atoms with Crippen molar-refractivity contribution in [2.75, 3.05) is 25.2 Å². The quantitative estimate of drug-likeness (QED) is 0.509. The first-order valence-electron chi connectivity index (χ1n) is 4.41. The first kappa shape index (κ1) is 11.9. The lowest BCUT2D eigenvalue weighted by Crippen LogP contribution is -1.91. The Balaban J connectivity index is 2.42. The monoisotopic (exact) mass is 275 g/mol. The second kappa shape index (κ2) is 6.32. The molecule has 0 saturated carbocycles. The van der Waals surface area contributed by atoms with Gasteiger partial charge in [0, 0.05) is 34.5 Å². The molecule has 0 radical (unpaired) electrons. The van der Waals surface area contributed by atoms with Crippen molar-refractivity contribution in [3.8, 4) is 0 Å². The van der Waals surface area contributed by atoms with Crippen LogP contribution in [0.1, 0.15) is 6.42 Å². The van der Waals surface area contributed by atoms with Gasteiger partial charge in [-0.05, 0) is 40.5 Å². The standard InChI is InChI=1S/C10H14BrNOS/c1-13-5-2-6-14-10-4-3-8(12)7-9(10)11/h3-4,7H,2,5-6,12H2,1H3. The summed E-state index contributed by atoms with van der Waals surface area (Å²) >= 11 is 5.30. The van der Waals surface area contributed by atoms with Crippen molar-refractivity contribution < 1.29 is 4.74 Å². The fourth-order valence-corrected chi connectivity index (χ4v) is 2.60. The third kappa shape index (κ3) is 3.90. The molecule has 0 spiro atoms. The van der Waals surface area contributed by atoms with Gasteiger partial charge in [-0.25, -0.2) is 0 Å². The summed E-state index contributed by atoms with van der Waals surface area (Å²) in [6.07, 6.45) is 1.07. The number of nitrogens with two attached hydrogens (primary N) is 1. The summed E-state index contributed by atoms with van der Waals surface area (Å²) in [6, 6.07) is 5.89. The molecule has 0 aliphatic heterocycles. The van der Waals surface area contributed by atoms with Gasteiger partial charge in [0.1, 0.15) is 0 Å². The minimum absolute atomic E-state index is 0.790. The lowest BCUT2D eigenvalue weighted by molar-refractivity contribution is 0.200. The highest BCUT2D eigenvalue weighted by molar-refractivity contribution is 9.10. The van der Waals surface area contributed by atoms with Crippen molar-refractivity contribution in [2.45, 2.75) is 11.3 Å². The summed E-state index contributed by atoms with van der Waals surface area (Å²) in [5, 5.41) is 0. The lowest BCUT2D eigenvalue weighted by atomic mass is 10.3. The van der Waals surface area contributed by atoms with Crippen LogP contribution in [0.2, 0.25) is 0 Å². The predicted octanol–water partition coefficient (Wildman–Crippen LogP) is 3.16. The van der Waals surface area contributed by atoms with Crippen molar-refractivity contribution in [2.24, 2.45) is 0 Å². The van der Waals surface area contributed by atoms with Gasteiger partial charge >= 0.3 is 0 Å². The molecule has 0 bridgehead atoms. The molecule has 4 heteroatoms. The van der Waals surface area contributed by atoms with Gasteiger partial charge in [0.05, 0.1) is 0 Å². The Morgan fingerprint density at radius 1 is 1.50 bits per heavy atom. The number of ether oxygens (including phenoxy) is 1. The zero-order valence-corrected chi connectivity index (χ0v) is 10.5. The van der Waals surface area contributed by atoms with Gasteiger partial charge in [-0.15, -0.1) is 11.8 Å². The number of hydrogen-bond donors (Lipinski definition) is 1. The first-order valence-corrected chi connectivity index (χ1v) is 6.18. The number of thioether (sulfide) groups is 1. The molecule has 0 atom stereocenters. The van der Waals surface area contributed by atoms with Crippen molar-refractivity contribution in [3.05, 3.63) is 22.7 Å². The SMILES string of the molecule is COCCCSc1ccc(N)cc1Br. The van der Waals surface area contributed by atoms with E-state index in [1.807, 2.05) is 30.0 Å². The summed E-state index contributed by atoms with van der Waals surface area (Å²) in [6.45, 7) is 0.819. The molecule has 0 aliphatic carbocycles. The van der Waals surface area contributed by atoms with Crippen molar-refractivity contribution >= 4 is 33.4 Å². The molecule has 1 aromatic rings. The van der Waals surface area contributed by atoms with Crippen molar-refractivity contribution in [1.29, 1.82) is 0 Å². The molecular formula is C10H14BrNOS. The van der Waals surface area contributed by atoms with Crippen LogP contribution >= 0.6 is 27.7 Å². The number of halogens is 1. The highest BCUT2D eigenvalue weighted by Crippen LogP contribution is 2.29. The summed E-state index contributed by atoms with van der Waals surface area (Å²) in [5.74, 6) is 1.07. The van der Waals surface area contributed by atoms with E-state index in [1.165, 1.54) is 4.90 Å². The number of benzene rings is 1. The number of hydrogen-bond acceptors (Lipinski definition) is 3. The zero-order valence-electron chi connectivity index (χ0n) is 8.13. The second-order valence-corrected chi connectivity index (χ2v) is 4.88. The van der Waals surface area contributed by atoms with Crippen LogP contribution in [0.25, 0.3) is 0 Å². The molecule has 78 valence electrons. The average Bonchev–Trinajstić information content (AvgIpc) is 2.15. The van der Waals surface area contributed by atoms with Crippen molar-refractivity contribution in [3.63, 3.8) is 0 Å². The van der Waals surface area contributed by atoms with E-state index in [4.69, 9.17) is 10.5 Å². The van der Waals surface area contributed by atoms with Gasteiger partial charge < -0.3 is 10.5 Å². The minimum atomic E-state index is 0.790. The second-order valence-electron chi connectivity index (χ2n) is 2.88. The summed E-state index contributed by atoms with van der Waals surface area (Å²) in [4.78, 5) is 1.23. The van der Waals surface area contributed by atoms with E-state index >= 15 is 0 Å². The Labute approximate surface area is 97.3 Å². The number of nitrogen functional groups attached to an aromatic ring is 1. The molecule has 14 heavy (non-hydrogen) atoms. The fourth-order valence-electron chi connectivity index (χ4n) is 1.02. The molecular weight excluding hydrogens is 262 g/mol. The van der Waals surface area contributed by atoms with Gasteiger partial charge in [-0.2, -0.15) is 0 Å². The van der Waals surface area contributed by atoms with E-state index < -0.39 is 0 Å². The molecule has 1 aromatic carbocycles. The summed E-state index contributed by atoms with van der Waals surface area (Å²) in [7, 11) is 1.73. The fraction of sp³-hybridized carbons (Fsp3) is 0.400. The number of rotatable bonds is 5.